The first-order chi connectivity index (χ1) is 14.0. The van der Waals surface area contributed by atoms with Gasteiger partial charge in [0.2, 0.25) is 0 Å². The third kappa shape index (κ3) is 4.29. The first kappa shape index (κ1) is 20.5. The Kier molecular flexibility index (Phi) is 6.26. The highest BCUT2D eigenvalue weighted by Gasteiger charge is 2.29. The molecule has 154 valence electrons. The van der Waals surface area contributed by atoms with Crippen molar-refractivity contribution >= 4 is 17.5 Å². The van der Waals surface area contributed by atoms with Crippen LogP contribution in [0.15, 0.2) is 42.5 Å². The zero-order valence-electron chi connectivity index (χ0n) is 17.3. The summed E-state index contributed by atoms with van der Waals surface area (Å²) in [5.41, 5.74) is 2.05. The molecule has 0 N–H and O–H groups in total. The fraction of sp³-hybridized carbons (Fsp3) is 0.364. The molecule has 7 heteroatoms. The summed E-state index contributed by atoms with van der Waals surface area (Å²) < 4.78 is 10.7. The van der Waals surface area contributed by atoms with Crippen molar-refractivity contribution in [2.24, 2.45) is 0 Å². The summed E-state index contributed by atoms with van der Waals surface area (Å²) in [7, 11) is 6.95. The zero-order chi connectivity index (χ0) is 21.0. The second-order valence-electron chi connectivity index (χ2n) is 7.07. The van der Waals surface area contributed by atoms with E-state index in [1.807, 2.05) is 43.3 Å². The Morgan fingerprint density at radius 1 is 0.828 bits per heavy atom. The van der Waals surface area contributed by atoms with Crippen molar-refractivity contribution in [3.05, 3.63) is 53.6 Å². The summed E-state index contributed by atoms with van der Waals surface area (Å²) >= 11 is 0. The van der Waals surface area contributed by atoms with Crippen LogP contribution in [0.5, 0.6) is 11.5 Å². The van der Waals surface area contributed by atoms with Crippen LogP contribution >= 0.6 is 0 Å². The van der Waals surface area contributed by atoms with Crippen molar-refractivity contribution in [3.63, 3.8) is 0 Å². The second kappa shape index (κ2) is 8.86. The maximum absolute atomic E-state index is 13.1. The lowest BCUT2D eigenvalue weighted by Gasteiger charge is -2.35. The SMILES string of the molecule is COc1cccc(OC)c1C(=O)N1CCN(C(=O)c2cccc(N(C)C)c2)CC1. The summed E-state index contributed by atoms with van der Waals surface area (Å²) in [6, 6.07) is 12.8. The third-order valence-corrected chi connectivity index (χ3v) is 5.11. The van der Waals surface area contributed by atoms with Crippen LogP contribution in [0.25, 0.3) is 0 Å². The van der Waals surface area contributed by atoms with Crippen molar-refractivity contribution in [2.75, 3.05) is 59.4 Å². The van der Waals surface area contributed by atoms with Crippen LogP contribution < -0.4 is 14.4 Å². The molecule has 0 aliphatic carbocycles. The van der Waals surface area contributed by atoms with E-state index in [1.165, 1.54) is 14.2 Å². The molecular formula is C22H27N3O4. The second-order valence-corrected chi connectivity index (χ2v) is 7.07. The molecule has 3 rings (SSSR count). The van der Waals surface area contributed by atoms with Gasteiger partial charge >= 0.3 is 0 Å². The normalized spacial score (nSPS) is 13.8. The Balaban J connectivity index is 1.70. The maximum atomic E-state index is 13.1. The topological polar surface area (TPSA) is 62.3 Å². The van der Waals surface area contributed by atoms with E-state index in [4.69, 9.17) is 9.47 Å². The van der Waals surface area contributed by atoms with Crippen molar-refractivity contribution in [1.82, 2.24) is 9.80 Å². The first-order valence-electron chi connectivity index (χ1n) is 9.53. The van der Waals surface area contributed by atoms with E-state index >= 15 is 0 Å². The number of ether oxygens (including phenoxy) is 2. The number of amides is 2. The first-order valence-corrected chi connectivity index (χ1v) is 9.53. The van der Waals surface area contributed by atoms with Gasteiger partial charge in [0.1, 0.15) is 17.1 Å². The van der Waals surface area contributed by atoms with Crippen molar-refractivity contribution in [1.29, 1.82) is 0 Å². The average Bonchev–Trinajstić information content (AvgIpc) is 2.77. The van der Waals surface area contributed by atoms with Gasteiger partial charge in [-0.15, -0.1) is 0 Å². The van der Waals surface area contributed by atoms with Gasteiger partial charge in [0.25, 0.3) is 11.8 Å². The number of carbonyl (C=O) groups is 2. The summed E-state index contributed by atoms with van der Waals surface area (Å²) in [5.74, 6) is 0.790. The molecule has 0 radical (unpaired) electrons. The molecule has 1 aliphatic rings. The number of nitrogens with zero attached hydrogens (tertiary/aromatic N) is 3. The largest absolute Gasteiger partial charge is 0.496 e. The average molecular weight is 397 g/mol. The van der Waals surface area contributed by atoms with Crippen LogP contribution in [0.3, 0.4) is 0 Å². The fourth-order valence-corrected chi connectivity index (χ4v) is 3.43. The molecule has 1 saturated heterocycles. The van der Waals surface area contributed by atoms with E-state index < -0.39 is 0 Å². The highest BCUT2D eigenvalue weighted by atomic mass is 16.5. The molecule has 2 aromatic rings. The molecule has 0 saturated carbocycles. The maximum Gasteiger partial charge on any atom is 0.261 e. The van der Waals surface area contributed by atoms with Gasteiger partial charge < -0.3 is 24.2 Å². The summed E-state index contributed by atoms with van der Waals surface area (Å²) in [5, 5.41) is 0. The molecule has 1 heterocycles. The fourth-order valence-electron chi connectivity index (χ4n) is 3.43. The summed E-state index contributed by atoms with van der Waals surface area (Å²) in [4.78, 5) is 31.5. The van der Waals surface area contributed by atoms with E-state index in [0.29, 0.717) is 48.8 Å². The molecule has 1 aliphatic heterocycles. The number of rotatable bonds is 5. The quantitative estimate of drug-likeness (QED) is 0.775. The molecule has 0 atom stereocenters. The van der Waals surface area contributed by atoms with Crippen molar-refractivity contribution in [2.45, 2.75) is 0 Å². The number of anilines is 1. The molecular weight excluding hydrogens is 370 g/mol. The van der Waals surface area contributed by atoms with Crippen LogP contribution in [0.4, 0.5) is 5.69 Å². The van der Waals surface area contributed by atoms with Crippen LogP contribution in [0.1, 0.15) is 20.7 Å². The Hall–Kier alpha value is -3.22. The Morgan fingerprint density at radius 3 is 1.86 bits per heavy atom. The van der Waals surface area contributed by atoms with Gasteiger partial charge in [-0.25, -0.2) is 0 Å². The lowest BCUT2D eigenvalue weighted by atomic mass is 10.1. The summed E-state index contributed by atoms with van der Waals surface area (Å²) in [6.45, 7) is 1.88. The monoisotopic (exact) mass is 397 g/mol. The van der Waals surface area contributed by atoms with Gasteiger partial charge in [-0.3, -0.25) is 9.59 Å². The van der Waals surface area contributed by atoms with Crippen molar-refractivity contribution in [3.8, 4) is 11.5 Å². The molecule has 2 aromatic carbocycles. The van der Waals surface area contributed by atoms with Gasteiger partial charge in [-0.2, -0.15) is 0 Å². The van der Waals surface area contributed by atoms with Gasteiger partial charge in [-0.1, -0.05) is 12.1 Å². The minimum absolute atomic E-state index is 0.0179. The van der Waals surface area contributed by atoms with E-state index in [1.54, 1.807) is 28.0 Å². The van der Waals surface area contributed by atoms with E-state index in [9.17, 15) is 9.59 Å². The Morgan fingerprint density at radius 2 is 1.34 bits per heavy atom. The zero-order valence-corrected chi connectivity index (χ0v) is 17.3. The molecule has 1 fully saturated rings. The summed E-state index contributed by atoms with van der Waals surface area (Å²) in [6.07, 6.45) is 0. The van der Waals surface area contributed by atoms with Crippen LogP contribution in [-0.2, 0) is 0 Å². The number of methoxy groups -OCH3 is 2. The minimum Gasteiger partial charge on any atom is -0.496 e. The third-order valence-electron chi connectivity index (χ3n) is 5.11. The minimum atomic E-state index is -0.152. The highest BCUT2D eigenvalue weighted by molar-refractivity contribution is 6.00. The number of piperazine rings is 1. The molecule has 0 aromatic heterocycles. The smallest absolute Gasteiger partial charge is 0.261 e. The number of hydrogen-bond donors (Lipinski definition) is 0. The van der Waals surface area contributed by atoms with Gasteiger partial charge in [0.15, 0.2) is 0 Å². The standard InChI is InChI=1S/C22H27N3O4/c1-23(2)17-8-5-7-16(15-17)21(26)24-11-13-25(14-12-24)22(27)20-18(28-3)9-6-10-19(20)29-4/h5-10,15H,11-14H2,1-4H3. The lowest BCUT2D eigenvalue weighted by molar-refractivity contribution is 0.0531. The van der Waals surface area contributed by atoms with E-state index in [2.05, 4.69) is 0 Å². The van der Waals surface area contributed by atoms with E-state index in [-0.39, 0.29) is 11.8 Å². The Bertz CT molecular complexity index is 867. The number of carbonyl (C=O) groups excluding carboxylic acids is 2. The van der Waals surface area contributed by atoms with Gasteiger partial charge in [0.05, 0.1) is 14.2 Å². The Labute approximate surface area is 171 Å². The van der Waals surface area contributed by atoms with Crippen LogP contribution in [0, 0.1) is 0 Å². The van der Waals surface area contributed by atoms with E-state index in [0.717, 1.165) is 5.69 Å². The molecule has 0 spiro atoms. The predicted molar refractivity (Wildman–Crippen MR) is 112 cm³/mol. The predicted octanol–water partition coefficient (Wildman–Crippen LogP) is 2.37. The molecule has 29 heavy (non-hydrogen) atoms. The van der Waals surface area contributed by atoms with Crippen LogP contribution in [0.2, 0.25) is 0 Å². The molecule has 0 unspecified atom stereocenters. The molecule has 7 nitrogen and oxygen atoms in total. The molecule has 2 amide bonds. The molecule has 0 bridgehead atoms. The lowest BCUT2D eigenvalue weighted by Crippen LogP contribution is -2.50. The number of benzene rings is 2. The van der Waals surface area contributed by atoms with Crippen molar-refractivity contribution < 1.29 is 19.1 Å². The van der Waals surface area contributed by atoms with Crippen LogP contribution in [-0.4, -0.2) is 76.1 Å². The highest BCUT2D eigenvalue weighted by Crippen LogP contribution is 2.30. The number of hydrogen-bond acceptors (Lipinski definition) is 5. The van der Waals surface area contributed by atoms with Gasteiger partial charge in [-0.05, 0) is 30.3 Å². The van der Waals surface area contributed by atoms with Gasteiger partial charge in [0, 0.05) is 51.5 Å².